The van der Waals surface area contributed by atoms with E-state index in [1.165, 1.54) is 18.4 Å². The summed E-state index contributed by atoms with van der Waals surface area (Å²) in [4.78, 5) is 11.9. The molecule has 0 radical (unpaired) electrons. The first-order chi connectivity index (χ1) is 7.59. The van der Waals surface area contributed by atoms with Gasteiger partial charge < -0.3 is 4.42 Å². The van der Waals surface area contributed by atoms with Crippen molar-refractivity contribution >= 4 is 33.3 Å². The van der Waals surface area contributed by atoms with E-state index in [-0.39, 0.29) is 22.1 Å². The molecule has 1 aromatic heterocycles. The molecule has 0 saturated carbocycles. The summed E-state index contributed by atoms with van der Waals surface area (Å²) in [5, 5.41) is -0.0893. The highest BCUT2D eigenvalue weighted by molar-refractivity contribution is 9.10. The molecule has 0 unspecified atom stereocenters. The number of hydrogen-bond acceptors (Lipinski definition) is 2. The molecule has 2 nitrogen and oxygen atoms in total. The van der Waals surface area contributed by atoms with Gasteiger partial charge in [0.1, 0.15) is 5.82 Å². The van der Waals surface area contributed by atoms with Gasteiger partial charge in [0.2, 0.25) is 5.78 Å². The molecule has 5 heteroatoms. The third-order valence-electron chi connectivity index (χ3n) is 2.01. The molecule has 2 aromatic rings. The highest BCUT2D eigenvalue weighted by Gasteiger charge is 2.17. The van der Waals surface area contributed by atoms with Crippen LogP contribution in [0.2, 0.25) is 5.02 Å². The van der Waals surface area contributed by atoms with Gasteiger partial charge in [0.25, 0.3) is 0 Å². The lowest BCUT2D eigenvalue weighted by Gasteiger charge is -2.00. The van der Waals surface area contributed by atoms with E-state index >= 15 is 0 Å². The topological polar surface area (TPSA) is 30.2 Å². The standard InChI is InChI=1S/C11H5BrClFO2/c12-7-3-4-16-11(7)10(15)6-1-2-9(14)8(13)5-6/h1-5H. The van der Waals surface area contributed by atoms with Crippen molar-refractivity contribution < 1.29 is 13.6 Å². The molecule has 1 aromatic carbocycles. The van der Waals surface area contributed by atoms with Gasteiger partial charge in [0, 0.05) is 5.56 Å². The highest BCUT2D eigenvalue weighted by Crippen LogP contribution is 2.23. The van der Waals surface area contributed by atoms with Crippen LogP contribution >= 0.6 is 27.5 Å². The number of ketones is 1. The summed E-state index contributed by atoms with van der Waals surface area (Å²) >= 11 is 8.77. The first-order valence-electron chi connectivity index (χ1n) is 4.32. The molecule has 0 aliphatic heterocycles. The lowest BCUT2D eigenvalue weighted by molar-refractivity contribution is 0.101. The van der Waals surface area contributed by atoms with E-state index in [9.17, 15) is 9.18 Å². The van der Waals surface area contributed by atoms with Crippen molar-refractivity contribution in [2.45, 2.75) is 0 Å². The van der Waals surface area contributed by atoms with Crippen molar-refractivity contribution in [1.82, 2.24) is 0 Å². The Morgan fingerprint density at radius 2 is 2.12 bits per heavy atom. The number of rotatable bonds is 2. The minimum Gasteiger partial charge on any atom is -0.460 e. The normalized spacial score (nSPS) is 10.4. The number of carbonyl (C=O) groups is 1. The maximum absolute atomic E-state index is 12.9. The molecule has 0 aliphatic carbocycles. The molecule has 82 valence electrons. The predicted molar refractivity (Wildman–Crippen MR) is 61.3 cm³/mol. The Balaban J connectivity index is 2.42. The van der Waals surface area contributed by atoms with E-state index in [0.717, 1.165) is 6.07 Å². The molecule has 1 heterocycles. The summed E-state index contributed by atoms with van der Waals surface area (Å²) in [6, 6.07) is 5.39. The summed E-state index contributed by atoms with van der Waals surface area (Å²) in [5.41, 5.74) is 0.280. The molecule has 0 aliphatic rings. The minimum absolute atomic E-state index is 0.0893. The predicted octanol–water partition coefficient (Wildman–Crippen LogP) is 4.07. The summed E-state index contributed by atoms with van der Waals surface area (Å²) in [5.74, 6) is -0.738. The van der Waals surface area contributed by atoms with E-state index in [1.807, 2.05) is 0 Å². The van der Waals surface area contributed by atoms with Gasteiger partial charge in [-0.3, -0.25) is 4.79 Å². The van der Waals surface area contributed by atoms with Crippen LogP contribution in [0.15, 0.2) is 39.4 Å². The maximum Gasteiger partial charge on any atom is 0.229 e. The molecular formula is C11H5BrClFO2. The van der Waals surface area contributed by atoms with Gasteiger partial charge in [0.15, 0.2) is 5.76 Å². The Kier molecular flexibility index (Phi) is 3.12. The number of carbonyl (C=O) groups excluding carboxylic acids is 1. The third-order valence-corrected chi connectivity index (χ3v) is 2.92. The van der Waals surface area contributed by atoms with Crippen LogP contribution in [-0.4, -0.2) is 5.78 Å². The van der Waals surface area contributed by atoms with Gasteiger partial charge in [-0.15, -0.1) is 0 Å². The Bertz CT molecular complexity index is 551. The molecule has 0 amide bonds. The van der Waals surface area contributed by atoms with Crippen molar-refractivity contribution in [3.63, 3.8) is 0 Å². The minimum atomic E-state index is -0.559. The van der Waals surface area contributed by atoms with Gasteiger partial charge in [-0.2, -0.15) is 0 Å². The lowest BCUT2D eigenvalue weighted by Crippen LogP contribution is -2.00. The van der Waals surface area contributed by atoms with Crippen LogP contribution in [0.25, 0.3) is 0 Å². The van der Waals surface area contributed by atoms with E-state index < -0.39 is 5.82 Å². The van der Waals surface area contributed by atoms with Crippen LogP contribution in [0.4, 0.5) is 4.39 Å². The van der Waals surface area contributed by atoms with Crippen LogP contribution < -0.4 is 0 Å². The maximum atomic E-state index is 12.9. The number of benzene rings is 1. The lowest BCUT2D eigenvalue weighted by atomic mass is 10.1. The second kappa shape index (κ2) is 4.39. The number of hydrogen-bond donors (Lipinski definition) is 0. The first kappa shape index (κ1) is 11.4. The largest absolute Gasteiger partial charge is 0.460 e. The van der Waals surface area contributed by atoms with E-state index in [2.05, 4.69) is 15.9 Å². The summed E-state index contributed by atoms with van der Waals surface area (Å²) in [7, 11) is 0. The molecule has 0 atom stereocenters. The van der Waals surface area contributed by atoms with Gasteiger partial charge in [0.05, 0.1) is 15.8 Å². The van der Waals surface area contributed by atoms with Gasteiger partial charge in [-0.1, -0.05) is 11.6 Å². The van der Waals surface area contributed by atoms with Gasteiger partial charge >= 0.3 is 0 Å². The Labute approximate surface area is 104 Å². The summed E-state index contributed by atoms with van der Waals surface area (Å²) in [6.07, 6.45) is 1.39. The zero-order chi connectivity index (χ0) is 11.7. The number of halogens is 3. The monoisotopic (exact) mass is 302 g/mol. The van der Waals surface area contributed by atoms with Crippen molar-refractivity contribution in [1.29, 1.82) is 0 Å². The van der Waals surface area contributed by atoms with Gasteiger partial charge in [-0.05, 0) is 40.2 Å². The van der Waals surface area contributed by atoms with Crippen LogP contribution in [0.5, 0.6) is 0 Å². The quantitative estimate of drug-likeness (QED) is 0.783. The SMILES string of the molecule is O=C(c1ccc(F)c(Cl)c1)c1occc1Br. The zero-order valence-corrected chi connectivity index (χ0v) is 10.2. The molecule has 16 heavy (non-hydrogen) atoms. The zero-order valence-electron chi connectivity index (χ0n) is 7.84. The molecule has 0 spiro atoms. The average Bonchev–Trinajstić information content (AvgIpc) is 2.67. The van der Waals surface area contributed by atoms with Crippen LogP contribution in [0.3, 0.4) is 0 Å². The second-order valence-corrected chi connectivity index (χ2v) is 4.32. The van der Waals surface area contributed by atoms with Crippen molar-refractivity contribution in [3.8, 4) is 0 Å². The van der Waals surface area contributed by atoms with Crippen molar-refractivity contribution in [3.05, 3.63) is 57.2 Å². The fourth-order valence-corrected chi connectivity index (χ4v) is 1.79. The second-order valence-electron chi connectivity index (χ2n) is 3.06. The fourth-order valence-electron chi connectivity index (χ4n) is 1.22. The van der Waals surface area contributed by atoms with E-state index in [1.54, 1.807) is 6.07 Å². The molecule has 0 bridgehead atoms. The summed E-state index contributed by atoms with van der Waals surface area (Å²) < 4.78 is 18.5. The molecule has 0 fully saturated rings. The first-order valence-corrected chi connectivity index (χ1v) is 5.49. The van der Waals surface area contributed by atoms with Crippen LogP contribution in [-0.2, 0) is 0 Å². The van der Waals surface area contributed by atoms with Crippen molar-refractivity contribution in [2.24, 2.45) is 0 Å². The molecule has 0 N–H and O–H groups in total. The molecule has 0 saturated heterocycles. The fraction of sp³-hybridized carbons (Fsp3) is 0. The Hall–Kier alpha value is -1.13. The average molecular weight is 304 g/mol. The number of furan rings is 1. The van der Waals surface area contributed by atoms with E-state index in [4.69, 9.17) is 16.0 Å². The molecular weight excluding hydrogens is 298 g/mol. The third kappa shape index (κ3) is 2.03. The van der Waals surface area contributed by atoms with Crippen LogP contribution in [0, 0.1) is 5.82 Å². The smallest absolute Gasteiger partial charge is 0.229 e. The Morgan fingerprint density at radius 3 is 2.69 bits per heavy atom. The summed E-state index contributed by atoms with van der Waals surface area (Å²) in [6.45, 7) is 0. The van der Waals surface area contributed by atoms with Gasteiger partial charge in [-0.25, -0.2) is 4.39 Å². The highest BCUT2D eigenvalue weighted by atomic mass is 79.9. The van der Waals surface area contributed by atoms with Crippen LogP contribution in [0.1, 0.15) is 16.1 Å². The Morgan fingerprint density at radius 1 is 1.38 bits per heavy atom. The van der Waals surface area contributed by atoms with E-state index in [0.29, 0.717) is 4.47 Å². The van der Waals surface area contributed by atoms with Crippen molar-refractivity contribution in [2.75, 3.05) is 0 Å². The molecule has 2 rings (SSSR count).